The van der Waals surface area contributed by atoms with Crippen LogP contribution in [-0.4, -0.2) is 35.1 Å². The van der Waals surface area contributed by atoms with E-state index in [0.717, 1.165) is 59.2 Å². The minimum absolute atomic E-state index is 0.109. The van der Waals surface area contributed by atoms with Gasteiger partial charge in [0.05, 0.1) is 11.3 Å². The minimum atomic E-state index is 0.109. The number of rotatable bonds is 5. The lowest BCUT2D eigenvalue weighted by molar-refractivity contribution is 0.0657. The van der Waals surface area contributed by atoms with E-state index in [1.165, 1.54) is 0 Å². The summed E-state index contributed by atoms with van der Waals surface area (Å²) in [6, 6.07) is 7.97. The molecule has 1 fully saturated rings. The maximum absolute atomic E-state index is 13.1. The fraction of sp³-hybridized carbons (Fsp3) is 0.500. The van der Waals surface area contributed by atoms with Crippen LogP contribution in [0.3, 0.4) is 0 Å². The average Bonchev–Trinajstić information content (AvgIpc) is 2.97. The van der Waals surface area contributed by atoms with Crippen LogP contribution in [0.15, 0.2) is 33.7 Å². The molecule has 1 aromatic carbocycles. The van der Waals surface area contributed by atoms with E-state index < -0.39 is 0 Å². The van der Waals surface area contributed by atoms with Crippen LogP contribution in [0, 0.1) is 19.8 Å². The van der Waals surface area contributed by atoms with Crippen LogP contribution in [-0.2, 0) is 5.75 Å². The quantitative estimate of drug-likeness (QED) is 0.808. The van der Waals surface area contributed by atoms with Crippen LogP contribution in [0.25, 0.3) is 0 Å². The fourth-order valence-electron chi connectivity index (χ4n) is 3.42. The molecule has 0 spiro atoms. The lowest BCUT2D eigenvalue weighted by Gasteiger charge is -2.35. The predicted octanol–water partition coefficient (Wildman–Crippen LogP) is 3.78. The number of carbonyl (C=O) groups excluding carboxylic acids is 1. The number of piperidine rings is 1. The van der Waals surface area contributed by atoms with E-state index in [0.29, 0.717) is 5.92 Å². The van der Waals surface area contributed by atoms with Crippen molar-refractivity contribution in [3.63, 3.8) is 0 Å². The number of aromatic nitrogens is 1. The number of likely N-dealkylation sites (tertiary alicyclic amines) is 1. The highest BCUT2D eigenvalue weighted by Crippen LogP contribution is 2.30. The standard InChI is InChI=1S/C20H27N3O2S/c1-13(21)16-7-6-10-23(11-16)20(24)17-8-4-5-9-19(17)26-12-18-14(2)22-25-15(18)3/h4-5,8-9,13,16H,6-7,10-12,21H2,1-3H3. The Labute approximate surface area is 159 Å². The summed E-state index contributed by atoms with van der Waals surface area (Å²) in [7, 11) is 0. The normalized spacial score (nSPS) is 18.8. The number of hydrogen-bond donors (Lipinski definition) is 1. The maximum Gasteiger partial charge on any atom is 0.254 e. The van der Waals surface area contributed by atoms with Crippen molar-refractivity contribution < 1.29 is 9.32 Å². The summed E-state index contributed by atoms with van der Waals surface area (Å²) in [6.45, 7) is 7.47. The topological polar surface area (TPSA) is 72.4 Å². The van der Waals surface area contributed by atoms with Gasteiger partial charge in [0.15, 0.2) is 0 Å². The molecule has 2 atom stereocenters. The summed E-state index contributed by atoms with van der Waals surface area (Å²) >= 11 is 1.66. The van der Waals surface area contributed by atoms with Gasteiger partial charge in [-0.3, -0.25) is 4.79 Å². The molecule has 1 amide bonds. The number of amides is 1. The second kappa shape index (κ2) is 8.27. The molecule has 2 aromatic rings. The van der Waals surface area contributed by atoms with Crippen molar-refractivity contribution in [1.29, 1.82) is 0 Å². The molecule has 1 aliphatic rings. The van der Waals surface area contributed by atoms with Crippen LogP contribution >= 0.6 is 11.8 Å². The van der Waals surface area contributed by atoms with Crippen molar-refractivity contribution in [2.75, 3.05) is 13.1 Å². The zero-order chi connectivity index (χ0) is 18.7. The van der Waals surface area contributed by atoms with Crippen molar-refractivity contribution in [3.8, 4) is 0 Å². The van der Waals surface area contributed by atoms with Crippen LogP contribution in [0.5, 0.6) is 0 Å². The van der Waals surface area contributed by atoms with Crippen molar-refractivity contribution in [2.24, 2.45) is 11.7 Å². The molecule has 140 valence electrons. The van der Waals surface area contributed by atoms with Gasteiger partial charge < -0.3 is 15.2 Å². The summed E-state index contributed by atoms with van der Waals surface area (Å²) in [5.41, 5.74) is 8.86. The average molecular weight is 374 g/mol. The van der Waals surface area contributed by atoms with Crippen molar-refractivity contribution in [3.05, 3.63) is 46.8 Å². The molecule has 2 N–H and O–H groups in total. The molecular weight excluding hydrogens is 346 g/mol. The highest BCUT2D eigenvalue weighted by atomic mass is 32.2. The van der Waals surface area contributed by atoms with E-state index in [1.54, 1.807) is 11.8 Å². The number of nitrogens with two attached hydrogens (primary N) is 1. The Hall–Kier alpha value is -1.79. The molecule has 0 saturated carbocycles. The summed E-state index contributed by atoms with van der Waals surface area (Å²) in [5.74, 6) is 2.08. The lowest BCUT2D eigenvalue weighted by atomic mass is 9.92. The molecule has 1 saturated heterocycles. The molecule has 0 aliphatic carbocycles. The maximum atomic E-state index is 13.1. The largest absolute Gasteiger partial charge is 0.361 e. The second-order valence-corrected chi connectivity index (χ2v) is 8.12. The molecule has 1 aromatic heterocycles. The number of benzene rings is 1. The Kier molecular flexibility index (Phi) is 6.04. The third-order valence-corrected chi connectivity index (χ3v) is 6.26. The van der Waals surface area contributed by atoms with Gasteiger partial charge in [-0.05, 0) is 51.7 Å². The zero-order valence-corrected chi connectivity index (χ0v) is 16.5. The molecule has 1 aliphatic heterocycles. The number of hydrogen-bond acceptors (Lipinski definition) is 5. The van der Waals surface area contributed by atoms with Gasteiger partial charge >= 0.3 is 0 Å². The lowest BCUT2D eigenvalue weighted by Crippen LogP contribution is -2.45. The van der Waals surface area contributed by atoms with E-state index in [9.17, 15) is 4.79 Å². The van der Waals surface area contributed by atoms with Gasteiger partial charge in [0.2, 0.25) is 0 Å². The van der Waals surface area contributed by atoms with Gasteiger partial charge in [0, 0.05) is 35.3 Å². The van der Waals surface area contributed by atoms with Crippen LogP contribution < -0.4 is 5.73 Å². The van der Waals surface area contributed by atoms with Gasteiger partial charge in [-0.15, -0.1) is 11.8 Å². The Bertz CT molecular complexity index is 753. The van der Waals surface area contributed by atoms with Crippen molar-refractivity contribution in [1.82, 2.24) is 10.1 Å². The smallest absolute Gasteiger partial charge is 0.254 e. The molecule has 0 radical (unpaired) electrons. The Morgan fingerprint density at radius 1 is 1.42 bits per heavy atom. The van der Waals surface area contributed by atoms with E-state index in [-0.39, 0.29) is 11.9 Å². The number of carbonyl (C=O) groups is 1. The van der Waals surface area contributed by atoms with Crippen LogP contribution in [0.1, 0.15) is 47.1 Å². The van der Waals surface area contributed by atoms with Gasteiger partial charge in [-0.2, -0.15) is 0 Å². The SMILES string of the molecule is Cc1noc(C)c1CSc1ccccc1C(=O)N1CCCC(C(C)N)C1. The van der Waals surface area contributed by atoms with E-state index in [1.807, 2.05) is 49.9 Å². The molecule has 2 unspecified atom stereocenters. The Balaban J connectivity index is 1.75. The number of nitrogens with zero attached hydrogens (tertiary/aromatic N) is 2. The summed E-state index contributed by atoms with van der Waals surface area (Å²) < 4.78 is 5.24. The second-order valence-electron chi connectivity index (χ2n) is 7.10. The summed E-state index contributed by atoms with van der Waals surface area (Å²) in [6.07, 6.45) is 2.12. The highest BCUT2D eigenvalue weighted by Gasteiger charge is 2.27. The highest BCUT2D eigenvalue weighted by molar-refractivity contribution is 7.98. The minimum Gasteiger partial charge on any atom is -0.361 e. The number of aryl methyl sites for hydroxylation is 2. The van der Waals surface area contributed by atoms with Crippen LogP contribution in [0.2, 0.25) is 0 Å². The monoisotopic (exact) mass is 373 g/mol. The third kappa shape index (κ3) is 4.13. The number of thioether (sulfide) groups is 1. The Morgan fingerprint density at radius 3 is 2.88 bits per heavy atom. The van der Waals surface area contributed by atoms with Gasteiger partial charge in [0.1, 0.15) is 5.76 Å². The summed E-state index contributed by atoms with van der Waals surface area (Å²) in [4.78, 5) is 16.1. The third-order valence-electron chi connectivity index (χ3n) is 5.16. The first-order chi connectivity index (χ1) is 12.5. The molecule has 5 nitrogen and oxygen atoms in total. The Morgan fingerprint density at radius 2 is 2.19 bits per heavy atom. The molecule has 3 rings (SSSR count). The van der Waals surface area contributed by atoms with Gasteiger partial charge in [-0.25, -0.2) is 0 Å². The fourth-order valence-corrected chi connectivity index (χ4v) is 4.62. The molecule has 26 heavy (non-hydrogen) atoms. The molecule has 0 bridgehead atoms. The first kappa shape index (κ1) is 19.0. The van der Waals surface area contributed by atoms with Gasteiger partial charge in [0.25, 0.3) is 5.91 Å². The van der Waals surface area contributed by atoms with E-state index in [2.05, 4.69) is 5.16 Å². The molecular formula is C20H27N3O2S. The predicted molar refractivity (Wildman–Crippen MR) is 104 cm³/mol. The molecule has 2 heterocycles. The summed E-state index contributed by atoms with van der Waals surface area (Å²) in [5, 5.41) is 4.01. The van der Waals surface area contributed by atoms with Crippen molar-refractivity contribution >= 4 is 17.7 Å². The first-order valence-electron chi connectivity index (χ1n) is 9.15. The van der Waals surface area contributed by atoms with Gasteiger partial charge in [-0.1, -0.05) is 17.3 Å². The van der Waals surface area contributed by atoms with E-state index in [4.69, 9.17) is 10.3 Å². The van der Waals surface area contributed by atoms with Crippen LogP contribution in [0.4, 0.5) is 0 Å². The first-order valence-corrected chi connectivity index (χ1v) is 10.1. The van der Waals surface area contributed by atoms with Crippen molar-refractivity contribution in [2.45, 2.75) is 50.3 Å². The van der Waals surface area contributed by atoms with E-state index >= 15 is 0 Å². The zero-order valence-electron chi connectivity index (χ0n) is 15.7. The molecule has 6 heteroatoms.